The molecule has 0 spiro atoms. The van der Waals surface area contributed by atoms with E-state index in [4.69, 9.17) is 5.21 Å². The number of hydrogen-bond donors (Lipinski definition) is 1. The first-order valence-electron chi connectivity index (χ1n) is 3.93. The van der Waals surface area contributed by atoms with Crippen LogP contribution in [0.15, 0.2) is 41.6 Å². The van der Waals surface area contributed by atoms with Crippen LogP contribution >= 0.6 is 0 Å². The van der Waals surface area contributed by atoms with Crippen LogP contribution in [0.25, 0.3) is 10.9 Å². The molecule has 0 aliphatic heterocycles. The van der Waals surface area contributed by atoms with Gasteiger partial charge < -0.3 is 5.21 Å². The predicted octanol–water partition coefficient (Wildman–Crippen LogP) is 2.04. The van der Waals surface area contributed by atoms with Gasteiger partial charge in [0.15, 0.2) is 0 Å². The summed E-state index contributed by atoms with van der Waals surface area (Å²) in [4.78, 5) is 4.26. The molecule has 1 aromatic carbocycles. The number of para-hydroxylation sites is 1. The summed E-state index contributed by atoms with van der Waals surface area (Å²) in [6, 6.07) is 11.5. The molecule has 1 aromatic heterocycles. The van der Waals surface area contributed by atoms with Crippen molar-refractivity contribution in [1.82, 2.24) is 4.98 Å². The third-order valence-corrected chi connectivity index (χ3v) is 1.81. The summed E-state index contributed by atoms with van der Waals surface area (Å²) in [6.45, 7) is 0. The standard InChI is InChI=1S/C10H8N2O/c13-11-7-9-6-5-8-3-1-2-4-10(8)12-9/h1-7,13H/b11-7-. The molecule has 0 unspecified atom stereocenters. The second-order valence-corrected chi connectivity index (χ2v) is 2.67. The Morgan fingerprint density at radius 2 is 2.00 bits per heavy atom. The summed E-state index contributed by atoms with van der Waals surface area (Å²) in [5.41, 5.74) is 1.56. The van der Waals surface area contributed by atoms with Gasteiger partial charge in [-0.25, -0.2) is 4.98 Å². The van der Waals surface area contributed by atoms with Crippen LogP contribution in [0.3, 0.4) is 0 Å². The van der Waals surface area contributed by atoms with Crippen LogP contribution in [-0.2, 0) is 0 Å². The first-order chi connectivity index (χ1) is 6.40. The van der Waals surface area contributed by atoms with E-state index in [-0.39, 0.29) is 0 Å². The van der Waals surface area contributed by atoms with E-state index in [2.05, 4.69) is 10.1 Å². The molecule has 1 heterocycles. The number of aromatic nitrogens is 1. The van der Waals surface area contributed by atoms with Gasteiger partial charge in [0.2, 0.25) is 0 Å². The average Bonchev–Trinajstić information content (AvgIpc) is 2.18. The molecule has 0 bridgehead atoms. The highest BCUT2D eigenvalue weighted by atomic mass is 16.4. The molecule has 0 fully saturated rings. The van der Waals surface area contributed by atoms with Crippen molar-refractivity contribution in [3.8, 4) is 0 Å². The second kappa shape index (κ2) is 3.23. The highest BCUT2D eigenvalue weighted by Crippen LogP contribution is 2.10. The summed E-state index contributed by atoms with van der Waals surface area (Å²) in [5, 5.41) is 12.3. The fourth-order valence-corrected chi connectivity index (χ4v) is 1.21. The quantitative estimate of drug-likeness (QED) is 0.406. The van der Waals surface area contributed by atoms with E-state index in [1.807, 2.05) is 36.4 Å². The molecule has 13 heavy (non-hydrogen) atoms. The van der Waals surface area contributed by atoms with Crippen molar-refractivity contribution >= 4 is 17.1 Å². The smallest absolute Gasteiger partial charge is 0.0918 e. The third kappa shape index (κ3) is 1.49. The van der Waals surface area contributed by atoms with Crippen LogP contribution in [0.2, 0.25) is 0 Å². The van der Waals surface area contributed by atoms with Gasteiger partial charge in [-0.1, -0.05) is 29.4 Å². The van der Waals surface area contributed by atoms with Crippen LogP contribution in [0.4, 0.5) is 0 Å². The highest BCUT2D eigenvalue weighted by Gasteiger charge is 1.94. The lowest BCUT2D eigenvalue weighted by Crippen LogP contribution is -1.87. The van der Waals surface area contributed by atoms with Gasteiger partial charge in [-0.15, -0.1) is 0 Å². The van der Waals surface area contributed by atoms with E-state index in [0.717, 1.165) is 10.9 Å². The minimum atomic E-state index is 0.654. The van der Waals surface area contributed by atoms with Crippen molar-refractivity contribution in [3.63, 3.8) is 0 Å². The Morgan fingerprint density at radius 1 is 1.15 bits per heavy atom. The van der Waals surface area contributed by atoms with E-state index in [1.165, 1.54) is 6.21 Å². The molecule has 0 atom stereocenters. The Kier molecular flexibility index (Phi) is 1.92. The van der Waals surface area contributed by atoms with Crippen molar-refractivity contribution in [3.05, 3.63) is 42.1 Å². The lowest BCUT2D eigenvalue weighted by Gasteiger charge is -1.96. The van der Waals surface area contributed by atoms with E-state index in [9.17, 15) is 0 Å². The first kappa shape index (κ1) is 7.73. The summed E-state index contributed by atoms with van der Waals surface area (Å²) in [5.74, 6) is 0. The van der Waals surface area contributed by atoms with Crippen LogP contribution in [0.1, 0.15) is 5.69 Å². The fraction of sp³-hybridized carbons (Fsp3) is 0. The topological polar surface area (TPSA) is 45.5 Å². The Morgan fingerprint density at radius 3 is 2.85 bits per heavy atom. The average molecular weight is 172 g/mol. The number of hydrogen-bond acceptors (Lipinski definition) is 3. The number of rotatable bonds is 1. The number of fused-ring (bicyclic) bond motifs is 1. The van der Waals surface area contributed by atoms with Gasteiger partial charge in [-0.3, -0.25) is 0 Å². The number of benzene rings is 1. The normalized spacial score (nSPS) is 11.1. The largest absolute Gasteiger partial charge is 0.411 e. The van der Waals surface area contributed by atoms with Gasteiger partial charge in [0.1, 0.15) is 0 Å². The molecule has 3 heteroatoms. The van der Waals surface area contributed by atoms with Crippen LogP contribution in [0.5, 0.6) is 0 Å². The molecule has 0 aliphatic rings. The zero-order valence-corrected chi connectivity index (χ0v) is 6.88. The molecule has 1 N–H and O–H groups in total. The summed E-state index contributed by atoms with van der Waals surface area (Å²) in [6.07, 6.45) is 1.31. The van der Waals surface area contributed by atoms with E-state index < -0.39 is 0 Å². The van der Waals surface area contributed by atoms with Crippen molar-refractivity contribution < 1.29 is 5.21 Å². The molecular formula is C10H8N2O. The molecule has 3 nitrogen and oxygen atoms in total. The monoisotopic (exact) mass is 172 g/mol. The minimum Gasteiger partial charge on any atom is -0.411 e. The Hall–Kier alpha value is -1.90. The zero-order valence-electron chi connectivity index (χ0n) is 6.88. The molecule has 2 aromatic rings. The highest BCUT2D eigenvalue weighted by molar-refractivity contribution is 5.84. The van der Waals surface area contributed by atoms with Gasteiger partial charge in [0.05, 0.1) is 17.4 Å². The second-order valence-electron chi connectivity index (χ2n) is 2.67. The number of nitrogens with zero attached hydrogens (tertiary/aromatic N) is 2. The van der Waals surface area contributed by atoms with E-state index in [0.29, 0.717) is 5.69 Å². The zero-order chi connectivity index (χ0) is 9.10. The maximum Gasteiger partial charge on any atom is 0.0918 e. The van der Waals surface area contributed by atoms with Gasteiger partial charge in [-0.2, -0.15) is 0 Å². The number of oxime groups is 1. The van der Waals surface area contributed by atoms with E-state index >= 15 is 0 Å². The van der Waals surface area contributed by atoms with Crippen molar-refractivity contribution in [2.45, 2.75) is 0 Å². The first-order valence-corrected chi connectivity index (χ1v) is 3.93. The molecule has 2 rings (SSSR count). The Bertz CT molecular complexity index is 451. The summed E-state index contributed by atoms with van der Waals surface area (Å²) >= 11 is 0. The van der Waals surface area contributed by atoms with Crippen molar-refractivity contribution in [1.29, 1.82) is 0 Å². The minimum absolute atomic E-state index is 0.654. The van der Waals surface area contributed by atoms with Crippen LogP contribution in [0, 0.1) is 0 Å². The molecular weight excluding hydrogens is 164 g/mol. The molecule has 0 saturated heterocycles. The van der Waals surface area contributed by atoms with Crippen LogP contribution in [-0.4, -0.2) is 16.4 Å². The summed E-state index contributed by atoms with van der Waals surface area (Å²) in [7, 11) is 0. The van der Waals surface area contributed by atoms with E-state index in [1.54, 1.807) is 0 Å². The maximum atomic E-state index is 8.32. The third-order valence-electron chi connectivity index (χ3n) is 1.81. The van der Waals surface area contributed by atoms with Gasteiger partial charge in [0.25, 0.3) is 0 Å². The van der Waals surface area contributed by atoms with Crippen molar-refractivity contribution in [2.75, 3.05) is 0 Å². The fourth-order valence-electron chi connectivity index (χ4n) is 1.21. The molecule has 0 aliphatic carbocycles. The lowest BCUT2D eigenvalue weighted by atomic mass is 10.2. The molecule has 0 saturated carbocycles. The van der Waals surface area contributed by atoms with Gasteiger partial charge in [-0.05, 0) is 12.1 Å². The van der Waals surface area contributed by atoms with Gasteiger partial charge in [0, 0.05) is 5.39 Å². The summed E-state index contributed by atoms with van der Waals surface area (Å²) < 4.78 is 0. The predicted molar refractivity (Wildman–Crippen MR) is 51.1 cm³/mol. The van der Waals surface area contributed by atoms with Crippen molar-refractivity contribution in [2.24, 2.45) is 5.16 Å². The molecule has 0 radical (unpaired) electrons. The van der Waals surface area contributed by atoms with Crippen LogP contribution < -0.4 is 0 Å². The maximum absolute atomic E-state index is 8.32. The SMILES string of the molecule is O/N=C\c1ccc2ccccc2n1. The lowest BCUT2D eigenvalue weighted by molar-refractivity contribution is 0.321. The Balaban J connectivity index is 2.62. The number of pyridine rings is 1. The Labute approximate surface area is 75.3 Å². The molecule has 64 valence electrons. The van der Waals surface area contributed by atoms with Gasteiger partial charge >= 0.3 is 0 Å². The molecule has 0 amide bonds.